The largest absolute Gasteiger partial charge is 0.481 e. The second kappa shape index (κ2) is 10.1. The summed E-state index contributed by atoms with van der Waals surface area (Å²) < 4.78 is 10.8. The van der Waals surface area contributed by atoms with Crippen molar-refractivity contribution in [2.24, 2.45) is 0 Å². The second-order valence-corrected chi connectivity index (χ2v) is 7.25. The third-order valence-corrected chi connectivity index (χ3v) is 4.65. The van der Waals surface area contributed by atoms with E-state index in [9.17, 15) is 14.4 Å². The highest BCUT2D eigenvalue weighted by Crippen LogP contribution is 2.20. The van der Waals surface area contributed by atoms with Crippen LogP contribution in [0.5, 0.6) is 5.75 Å². The zero-order valence-corrected chi connectivity index (χ0v) is 17.1. The van der Waals surface area contributed by atoms with Gasteiger partial charge in [-0.25, -0.2) is 0 Å². The minimum atomic E-state index is -0.875. The molecule has 2 atom stereocenters. The minimum absolute atomic E-state index is 0.159. The number of carbonyl (C=O) groups excluding carboxylic acids is 3. The molecule has 0 aliphatic carbocycles. The fourth-order valence-electron chi connectivity index (χ4n) is 3.03. The molecule has 0 saturated carbocycles. The van der Waals surface area contributed by atoms with E-state index < -0.39 is 18.1 Å². The van der Waals surface area contributed by atoms with Gasteiger partial charge in [-0.15, -0.1) is 0 Å². The Kier molecular flexibility index (Phi) is 7.84. The second-order valence-electron chi connectivity index (χ2n) is 7.25. The molecule has 2 unspecified atom stereocenters. The lowest BCUT2D eigenvalue weighted by Gasteiger charge is -2.36. The molecule has 1 saturated heterocycles. The van der Waals surface area contributed by atoms with E-state index in [-0.39, 0.29) is 18.2 Å². The minimum Gasteiger partial charge on any atom is -0.481 e. The molecule has 1 aliphatic rings. The number of benzene rings is 1. The Balaban J connectivity index is 2.03. The average Bonchev–Trinajstić information content (AvgIpc) is 2.67. The van der Waals surface area contributed by atoms with E-state index in [1.807, 2.05) is 31.2 Å². The van der Waals surface area contributed by atoms with Gasteiger partial charge in [0.2, 0.25) is 5.91 Å². The molecule has 1 N–H and O–H groups in total. The van der Waals surface area contributed by atoms with Crippen molar-refractivity contribution in [2.45, 2.75) is 58.6 Å². The predicted molar refractivity (Wildman–Crippen MR) is 105 cm³/mol. The van der Waals surface area contributed by atoms with E-state index >= 15 is 0 Å². The summed E-state index contributed by atoms with van der Waals surface area (Å²) in [6.45, 7) is 8.73. The molecular formula is C21H30N2O5. The summed E-state index contributed by atoms with van der Waals surface area (Å²) in [5, 5.41) is 2.70. The van der Waals surface area contributed by atoms with Gasteiger partial charge < -0.3 is 19.7 Å². The van der Waals surface area contributed by atoms with Gasteiger partial charge in [-0.05, 0) is 37.0 Å². The summed E-state index contributed by atoms with van der Waals surface area (Å²) in [5.74, 6) is -0.157. The standard InChI is InChI=1S/C21H30N2O5/c1-5-12-27-19(24)13-18-20(25)22-10-11-23(18)21(26)15(4)28-17-8-6-16(7-9-17)14(2)3/h6-9,14-15,18H,5,10-13H2,1-4H3,(H,22,25). The van der Waals surface area contributed by atoms with Crippen LogP contribution in [0.2, 0.25) is 0 Å². The zero-order chi connectivity index (χ0) is 20.7. The highest BCUT2D eigenvalue weighted by molar-refractivity contribution is 5.93. The number of rotatable bonds is 8. The summed E-state index contributed by atoms with van der Waals surface area (Å²) >= 11 is 0. The Morgan fingerprint density at radius 3 is 2.50 bits per heavy atom. The van der Waals surface area contributed by atoms with Crippen LogP contribution >= 0.6 is 0 Å². The topological polar surface area (TPSA) is 84.9 Å². The van der Waals surface area contributed by atoms with Gasteiger partial charge in [0, 0.05) is 13.1 Å². The maximum Gasteiger partial charge on any atom is 0.308 e. The van der Waals surface area contributed by atoms with Crippen molar-refractivity contribution in [1.29, 1.82) is 0 Å². The van der Waals surface area contributed by atoms with Gasteiger partial charge in [0.15, 0.2) is 6.10 Å². The number of amides is 2. The van der Waals surface area contributed by atoms with E-state index in [1.165, 1.54) is 10.5 Å². The third-order valence-electron chi connectivity index (χ3n) is 4.65. The Hall–Kier alpha value is -2.57. The van der Waals surface area contributed by atoms with Gasteiger partial charge in [-0.1, -0.05) is 32.9 Å². The molecule has 0 spiro atoms. The number of nitrogens with zero attached hydrogens (tertiary/aromatic N) is 1. The molecule has 0 bridgehead atoms. The van der Waals surface area contributed by atoms with E-state index in [2.05, 4.69) is 19.2 Å². The van der Waals surface area contributed by atoms with Gasteiger partial charge in [-0.2, -0.15) is 0 Å². The number of piperazine rings is 1. The Morgan fingerprint density at radius 2 is 1.89 bits per heavy atom. The van der Waals surface area contributed by atoms with E-state index in [1.54, 1.807) is 6.92 Å². The van der Waals surface area contributed by atoms with Crippen LogP contribution in [0.25, 0.3) is 0 Å². The molecule has 2 rings (SSSR count). The van der Waals surface area contributed by atoms with Crippen molar-refractivity contribution in [3.63, 3.8) is 0 Å². The summed E-state index contributed by atoms with van der Waals surface area (Å²) in [6, 6.07) is 6.74. The van der Waals surface area contributed by atoms with Crippen molar-refractivity contribution in [2.75, 3.05) is 19.7 Å². The monoisotopic (exact) mass is 390 g/mol. The average molecular weight is 390 g/mol. The molecule has 2 amide bonds. The number of hydrogen-bond acceptors (Lipinski definition) is 5. The highest BCUT2D eigenvalue weighted by Gasteiger charge is 2.37. The molecule has 1 aliphatic heterocycles. The summed E-state index contributed by atoms with van der Waals surface area (Å²) in [4.78, 5) is 38.5. The summed E-state index contributed by atoms with van der Waals surface area (Å²) in [7, 11) is 0. The van der Waals surface area contributed by atoms with Gasteiger partial charge in [-0.3, -0.25) is 14.4 Å². The number of carbonyl (C=O) groups is 3. The molecule has 1 fully saturated rings. The fraction of sp³-hybridized carbons (Fsp3) is 0.571. The molecule has 0 radical (unpaired) electrons. The molecule has 7 heteroatoms. The van der Waals surface area contributed by atoms with Crippen LogP contribution < -0.4 is 10.1 Å². The maximum atomic E-state index is 12.9. The third kappa shape index (κ3) is 5.71. The molecule has 7 nitrogen and oxygen atoms in total. The Labute approximate surface area is 166 Å². The van der Waals surface area contributed by atoms with Crippen molar-refractivity contribution in [3.05, 3.63) is 29.8 Å². The first-order valence-corrected chi connectivity index (χ1v) is 9.83. The van der Waals surface area contributed by atoms with Gasteiger partial charge in [0.05, 0.1) is 13.0 Å². The molecule has 1 heterocycles. The van der Waals surface area contributed by atoms with Crippen molar-refractivity contribution in [1.82, 2.24) is 10.2 Å². The molecular weight excluding hydrogens is 360 g/mol. The van der Waals surface area contributed by atoms with Crippen LogP contribution in [-0.4, -0.2) is 54.5 Å². The lowest BCUT2D eigenvalue weighted by Crippen LogP contribution is -2.60. The quantitative estimate of drug-likeness (QED) is 0.688. The summed E-state index contributed by atoms with van der Waals surface area (Å²) in [5.41, 5.74) is 1.18. The first-order valence-electron chi connectivity index (χ1n) is 9.83. The maximum absolute atomic E-state index is 12.9. The lowest BCUT2D eigenvalue weighted by atomic mass is 10.0. The lowest BCUT2D eigenvalue weighted by molar-refractivity contribution is -0.154. The van der Waals surface area contributed by atoms with E-state index in [4.69, 9.17) is 9.47 Å². The number of nitrogens with one attached hydrogen (secondary N) is 1. The molecule has 28 heavy (non-hydrogen) atoms. The van der Waals surface area contributed by atoms with Crippen LogP contribution in [0.15, 0.2) is 24.3 Å². The number of ether oxygens (including phenoxy) is 2. The number of esters is 1. The smallest absolute Gasteiger partial charge is 0.308 e. The Morgan fingerprint density at radius 1 is 1.21 bits per heavy atom. The first kappa shape index (κ1) is 21.7. The molecule has 1 aromatic carbocycles. The van der Waals surface area contributed by atoms with Crippen molar-refractivity contribution < 1.29 is 23.9 Å². The van der Waals surface area contributed by atoms with Gasteiger partial charge >= 0.3 is 5.97 Å². The van der Waals surface area contributed by atoms with Crippen molar-refractivity contribution >= 4 is 17.8 Å². The SMILES string of the molecule is CCCOC(=O)CC1C(=O)NCCN1C(=O)C(C)Oc1ccc(C(C)C)cc1. The van der Waals surface area contributed by atoms with Gasteiger partial charge in [0.25, 0.3) is 5.91 Å². The normalized spacial score (nSPS) is 17.8. The molecule has 154 valence electrons. The van der Waals surface area contributed by atoms with Crippen molar-refractivity contribution in [3.8, 4) is 5.75 Å². The highest BCUT2D eigenvalue weighted by atomic mass is 16.5. The number of hydrogen-bond donors (Lipinski definition) is 1. The predicted octanol–water partition coefficient (Wildman–Crippen LogP) is 2.25. The van der Waals surface area contributed by atoms with Crippen LogP contribution in [0, 0.1) is 0 Å². The summed E-state index contributed by atoms with van der Waals surface area (Å²) in [6.07, 6.45) is -0.232. The van der Waals surface area contributed by atoms with Gasteiger partial charge in [0.1, 0.15) is 11.8 Å². The van der Waals surface area contributed by atoms with Crippen LogP contribution in [0.4, 0.5) is 0 Å². The van der Waals surface area contributed by atoms with Crippen LogP contribution in [-0.2, 0) is 19.1 Å². The van der Waals surface area contributed by atoms with Crippen LogP contribution in [0.3, 0.4) is 0 Å². The van der Waals surface area contributed by atoms with E-state index in [0.717, 1.165) is 0 Å². The molecule has 0 aromatic heterocycles. The Bertz CT molecular complexity index is 687. The van der Waals surface area contributed by atoms with E-state index in [0.29, 0.717) is 37.8 Å². The zero-order valence-electron chi connectivity index (χ0n) is 17.1. The van der Waals surface area contributed by atoms with Crippen LogP contribution in [0.1, 0.15) is 52.0 Å². The first-order chi connectivity index (χ1) is 13.3. The molecule has 1 aromatic rings. The fourth-order valence-corrected chi connectivity index (χ4v) is 3.03.